The van der Waals surface area contributed by atoms with E-state index in [-0.39, 0.29) is 0 Å². The average molecular weight is 194 g/mol. The molecule has 0 unspecified atom stereocenters. The van der Waals surface area contributed by atoms with Crippen molar-refractivity contribution in [2.75, 3.05) is 18.0 Å². The minimum atomic E-state index is -0.459. The van der Waals surface area contributed by atoms with Gasteiger partial charge < -0.3 is 10.0 Å². The third-order valence-electron chi connectivity index (χ3n) is 2.33. The summed E-state index contributed by atoms with van der Waals surface area (Å²) in [5, 5.41) is 9.58. The molecule has 78 valence electrons. The van der Waals surface area contributed by atoms with Gasteiger partial charge in [0.15, 0.2) is 0 Å². The Kier molecular flexibility index (Phi) is 3.89. The van der Waals surface area contributed by atoms with E-state index >= 15 is 0 Å². The first-order valence-electron chi connectivity index (χ1n) is 5.08. The maximum absolute atomic E-state index is 9.58. The smallest absolute Gasteiger partial charge is 0.134 e. The van der Waals surface area contributed by atoms with Crippen LogP contribution in [0, 0.1) is 0 Å². The highest BCUT2D eigenvalue weighted by Gasteiger charge is 2.12. The van der Waals surface area contributed by atoms with Crippen molar-refractivity contribution in [1.29, 1.82) is 0 Å². The lowest BCUT2D eigenvalue weighted by Crippen LogP contribution is -2.24. The van der Waals surface area contributed by atoms with E-state index in [4.69, 9.17) is 0 Å². The summed E-state index contributed by atoms with van der Waals surface area (Å²) in [7, 11) is 0. The summed E-state index contributed by atoms with van der Waals surface area (Å²) in [4.78, 5) is 6.45. The van der Waals surface area contributed by atoms with Crippen LogP contribution in [0.1, 0.15) is 32.4 Å². The largest absolute Gasteiger partial charge is 0.389 e. The molecule has 0 bridgehead atoms. The third kappa shape index (κ3) is 2.23. The third-order valence-corrected chi connectivity index (χ3v) is 2.33. The summed E-state index contributed by atoms with van der Waals surface area (Å²) in [5.74, 6) is 0.896. The second kappa shape index (κ2) is 4.96. The van der Waals surface area contributed by atoms with Crippen molar-refractivity contribution in [3.8, 4) is 0 Å². The highest BCUT2D eigenvalue weighted by molar-refractivity contribution is 5.47. The highest BCUT2D eigenvalue weighted by Crippen LogP contribution is 2.22. The lowest BCUT2D eigenvalue weighted by molar-refractivity contribution is 0.199. The van der Waals surface area contributed by atoms with Gasteiger partial charge in [-0.25, -0.2) is 4.98 Å². The van der Waals surface area contributed by atoms with E-state index in [1.807, 2.05) is 12.1 Å². The van der Waals surface area contributed by atoms with E-state index in [2.05, 4.69) is 23.7 Å². The molecule has 3 nitrogen and oxygen atoms in total. The summed E-state index contributed by atoms with van der Waals surface area (Å²) in [5.41, 5.74) is 0.899. The number of pyridine rings is 1. The lowest BCUT2D eigenvalue weighted by atomic mass is 10.1. The van der Waals surface area contributed by atoms with Gasteiger partial charge >= 0.3 is 0 Å². The molecule has 1 heterocycles. The first-order chi connectivity index (χ1) is 6.70. The van der Waals surface area contributed by atoms with Crippen molar-refractivity contribution in [3.05, 3.63) is 23.9 Å². The summed E-state index contributed by atoms with van der Waals surface area (Å²) in [6, 6.07) is 3.78. The van der Waals surface area contributed by atoms with E-state index in [0.29, 0.717) is 0 Å². The first kappa shape index (κ1) is 11.0. The van der Waals surface area contributed by atoms with Crippen LogP contribution in [-0.4, -0.2) is 23.2 Å². The topological polar surface area (TPSA) is 36.4 Å². The van der Waals surface area contributed by atoms with Gasteiger partial charge in [0, 0.05) is 24.8 Å². The number of aromatic nitrogens is 1. The molecule has 0 aliphatic rings. The van der Waals surface area contributed by atoms with Gasteiger partial charge in [0.2, 0.25) is 0 Å². The van der Waals surface area contributed by atoms with Crippen molar-refractivity contribution < 1.29 is 5.11 Å². The van der Waals surface area contributed by atoms with E-state index in [1.165, 1.54) is 0 Å². The van der Waals surface area contributed by atoms with Crippen molar-refractivity contribution in [2.24, 2.45) is 0 Å². The molecule has 0 fully saturated rings. The number of anilines is 1. The monoisotopic (exact) mass is 194 g/mol. The Hall–Kier alpha value is -1.09. The molecule has 1 N–H and O–H groups in total. The molecule has 0 aromatic carbocycles. The zero-order valence-corrected chi connectivity index (χ0v) is 9.07. The number of rotatable bonds is 4. The first-order valence-corrected chi connectivity index (χ1v) is 5.08. The van der Waals surface area contributed by atoms with Crippen molar-refractivity contribution in [1.82, 2.24) is 4.98 Å². The fourth-order valence-electron chi connectivity index (χ4n) is 1.52. The van der Waals surface area contributed by atoms with Crippen LogP contribution in [0.3, 0.4) is 0 Å². The molecular weight excluding hydrogens is 176 g/mol. The van der Waals surface area contributed by atoms with Gasteiger partial charge in [0.05, 0.1) is 6.10 Å². The fraction of sp³-hybridized carbons (Fsp3) is 0.545. The Morgan fingerprint density at radius 1 is 1.43 bits per heavy atom. The van der Waals surface area contributed by atoms with Crippen LogP contribution in [0.15, 0.2) is 18.3 Å². The van der Waals surface area contributed by atoms with Crippen LogP contribution in [0.4, 0.5) is 5.82 Å². The van der Waals surface area contributed by atoms with E-state index in [1.54, 1.807) is 13.1 Å². The standard InChI is InChI=1S/C11H18N2O/c1-4-13(5-2)11-10(9(3)14)7-6-8-12-11/h6-9,14H,4-5H2,1-3H3/t9-/m0/s1. The van der Waals surface area contributed by atoms with E-state index in [0.717, 1.165) is 24.5 Å². The van der Waals surface area contributed by atoms with Gasteiger partial charge in [-0.15, -0.1) is 0 Å². The molecule has 1 rings (SSSR count). The molecule has 1 aromatic heterocycles. The Bertz CT molecular complexity index is 282. The molecule has 0 saturated carbocycles. The molecule has 0 spiro atoms. The van der Waals surface area contributed by atoms with Gasteiger partial charge in [0.25, 0.3) is 0 Å². The SMILES string of the molecule is CCN(CC)c1ncccc1[C@H](C)O. The number of aliphatic hydroxyl groups excluding tert-OH is 1. The summed E-state index contributed by atoms with van der Waals surface area (Å²) >= 11 is 0. The van der Waals surface area contributed by atoms with Crippen molar-refractivity contribution in [2.45, 2.75) is 26.9 Å². The Morgan fingerprint density at radius 2 is 2.07 bits per heavy atom. The summed E-state index contributed by atoms with van der Waals surface area (Å²) < 4.78 is 0. The molecule has 0 radical (unpaired) electrons. The maximum atomic E-state index is 9.58. The van der Waals surface area contributed by atoms with Crippen LogP contribution in [0.25, 0.3) is 0 Å². The Morgan fingerprint density at radius 3 is 2.57 bits per heavy atom. The molecular formula is C11H18N2O. The average Bonchev–Trinajstić information content (AvgIpc) is 2.20. The van der Waals surface area contributed by atoms with Crippen molar-refractivity contribution in [3.63, 3.8) is 0 Å². The van der Waals surface area contributed by atoms with Crippen molar-refractivity contribution >= 4 is 5.82 Å². The zero-order valence-electron chi connectivity index (χ0n) is 9.07. The Labute approximate surface area is 85.4 Å². The normalized spacial score (nSPS) is 12.6. The second-order valence-electron chi connectivity index (χ2n) is 3.26. The molecule has 0 aliphatic carbocycles. The fourth-order valence-corrected chi connectivity index (χ4v) is 1.52. The van der Waals surface area contributed by atoms with Gasteiger partial charge in [-0.3, -0.25) is 0 Å². The molecule has 1 aromatic rings. The molecule has 0 saturated heterocycles. The maximum Gasteiger partial charge on any atom is 0.134 e. The van der Waals surface area contributed by atoms with E-state index < -0.39 is 6.10 Å². The Balaban J connectivity index is 3.05. The van der Waals surface area contributed by atoms with Crippen LogP contribution in [0.2, 0.25) is 0 Å². The summed E-state index contributed by atoms with van der Waals surface area (Å²) in [6.45, 7) is 7.76. The number of hydrogen-bond acceptors (Lipinski definition) is 3. The second-order valence-corrected chi connectivity index (χ2v) is 3.26. The zero-order chi connectivity index (χ0) is 10.6. The van der Waals surface area contributed by atoms with Gasteiger partial charge in [-0.1, -0.05) is 6.07 Å². The van der Waals surface area contributed by atoms with Gasteiger partial charge in [-0.2, -0.15) is 0 Å². The van der Waals surface area contributed by atoms with Crippen LogP contribution >= 0.6 is 0 Å². The van der Waals surface area contributed by atoms with Crippen LogP contribution in [-0.2, 0) is 0 Å². The predicted octanol–water partition coefficient (Wildman–Crippen LogP) is 1.98. The number of nitrogens with zero attached hydrogens (tertiary/aromatic N) is 2. The quantitative estimate of drug-likeness (QED) is 0.796. The van der Waals surface area contributed by atoms with Gasteiger partial charge in [-0.05, 0) is 26.8 Å². The molecule has 3 heteroatoms. The van der Waals surface area contributed by atoms with Crippen LogP contribution < -0.4 is 4.90 Å². The van der Waals surface area contributed by atoms with E-state index in [9.17, 15) is 5.11 Å². The molecule has 0 amide bonds. The molecule has 14 heavy (non-hydrogen) atoms. The van der Waals surface area contributed by atoms with Gasteiger partial charge in [0.1, 0.15) is 5.82 Å². The van der Waals surface area contributed by atoms with Crippen LogP contribution in [0.5, 0.6) is 0 Å². The highest BCUT2D eigenvalue weighted by atomic mass is 16.3. The predicted molar refractivity (Wildman–Crippen MR) is 58.4 cm³/mol. The molecule has 1 atom stereocenters. The molecule has 0 aliphatic heterocycles. The summed E-state index contributed by atoms with van der Waals surface area (Å²) in [6.07, 6.45) is 1.30. The lowest BCUT2D eigenvalue weighted by Gasteiger charge is -2.23. The number of aliphatic hydroxyl groups is 1. The minimum Gasteiger partial charge on any atom is -0.389 e. The number of hydrogen-bond donors (Lipinski definition) is 1. The minimum absolute atomic E-state index is 0.459.